The summed E-state index contributed by atoms with van der Waals surface area (Å²) >= 11 is 1.35. The summed E-state index contributed by atoms with van der Waals surface area (Å²) in [6, 6.07) is 8.83. The molecule has 0 fully saturated rings. The van der Waals surface area contributed by atoms with Gasteiger partial charge in [0.15, 0.2) is 22.3 Å². The molecule has 0 spiro atoms. The first kappa shape index (κ1) is 20.4. The van der Waals surface area contributed by atoms with E-state index < -0.39 is 0 Å². The van der Waals surface area contributed by atoms with Crippen molar-refractivity contribution in [1.29, 1.82) is 0 Å². The molecular weight excluding hydrogens is 460 g/mol. The van der Waals surface area contributed by atoms with Crippen LogP contribution in [0.3, 0.4) is 0 Å². The van der Waals surface area contributed by atoms with E-state index in [2.05, 4.69) is 25.7 Å². The highest BCUT2D eigenvalue weighted by Gasteiger charge is 2.27. The minimum atomic E-state index is -0.385. The van der Waals surface area contributed by atoms with Crippen molar-refractivity contribution in [1.82, 2.24) is 25.2 Å². The molecule has 172 valence electrons. The van der Waals surface area contributed by atoms with Gasteiger partial charge in [0.25, 0.3) is 11.8 Å². The average Bonchev–Trinajstić information content (AvgIpc) is 3.63. The number of aryl methyl sites for hydroxylation is 1. The Morgan fingerprint density at radius 2 is 2.06 bits per heavy atom. The Kier molecular flexibility index (Phi) is 4.80. The minimum absolute atomic E-state index is 0.151. The molecule has 5 heterocycles. The van der Waals surface area contributed by atoms with Gasteiger partial charge >= 0.3 is 0 Å². The molecule has 2 amide bonds. The van der Waals surface area contributed by atoms with Gasteiger partial charge in [0.05, 0.1) is 17.9 Å². The Hall–Kier alpha value is -4.19. The number of nitrogens with one attached hydrogen (secondary N) is 2. The number of aromatic nitrogens is 4. The Bertz CT molecular complexity index is 1420. The molecule has 2 aliphatic rings. The summed E-state index contributed by atoms with van der Waals surface area (Å²) in [5, 5.41) is 14.1. The zero-order valence-corrected chi connectivity index (χ0v) is 18.8. The van der Waals surface area contributed by atoms with Crippen LogP contribution < -0.4 is 14.8 Å². The van der Waals surface area contributed by atoms with Crippen LogP contribution in [0.5, 0.6) is 11.5 Å². The van der Waals surface area contributed by atoms with E-state index in [9.17, 15) is 9.59 Å². The number of rotatable bonds is 4. The summed E-state index contributed by atoms with van der Waals surface area (Å²) in [5.74, 6) is 1.37. The number of hydrogen-bond acceptors (Lipinski definition) is 9. The SMILES string of the molecule is Cc1cc(C(=O)Nc2nc3c(s2)CN(C(=O)c2cc(-c4ccc5c(c4)OCO5)n[nH]2)CC3)no1. The third-order valence-corrected chi connectivity index (χ3v) is 6.57. The van der Waals surface area contributed by atoms with Gasteiger partial charge in [0, 0.05) is 29.5 Å². The Morgan fingerprint density at radius 3 is 2.91 bits per heavy atom. The van der Waals surface area contributed by atoms with E-state index in [1.165, 1.54) is 11.3 Å². The molecule has 3 aromatic heterocycles. The van der Waals surface area contributed by atoms with Crippen LogP contribution in [0.25, 0.3) is 11.3 Å². The normalized spacial score (nSPS) is 14.2. The lowest BCUT2D eigenvalue weighted by molar-refractivity contribution is 0.0730. The Morgan fingerprint density at radius 1 is 1.18 bits per heavy atom. The molecule has 0 bridgehead atoms. The van der Waals surface area contributed by atoms with Gasteiger partial charge in [-0.15, -0.1) is 0 Å². The maximum absolute atomic E-state index is 13.1. The molecule has 2 aliphatic heterocycles. The number of thiazole rings is 1. The van der Waals surface area contributed by atoms with Crippen molar-refractivity contribution in [2.24, 2.45) is 0 Å². The van der Waals surface area contributed by atoms with Crippen LogP contribution in [0.2, 0.25) is 0 Å². The number of anilines is 1. The second kappa shape index (κ2) is 7.99. The zero-order valence-electron chi connectivity index (χ0n) is 18.0. The molecule has 6 rings (SSSR count). The summed E-state index contributed by atoms with van der Waals surface area (Å²) in [6.07, 6.45) is 0.597. The molecule has 2 N–H and O–H groups in total. The summed E-state index contributed by atoms with van der Waals surface area (Å²) in [4.78, 5) is 32.6. The van der Waals surface area contributed by atoms with Crippen LogP contribution in [0.15, 0.2) is 34.9 Å². The first-order valence-corrected chi connectivity index (χ1v) is 11.3. The lowest BCUT2D eigenvalue weighted by Gasteiger charge is -2.25. The monoisotopic (exact) mass is 478 g/mol. The molecule has 0 radical (unpaired) electrons. The van der Waals surface area contributed by atoms with Gasteiger partial charge in [-0.3, -0.25) is 20.0 Å². The van der Waals surface area contributed by atoms with E-state index in [-0.39, 0.29) is 24.3 Å². The second-order valence-electron chi connectivity index (χ2n) is 7.88. The van der Waals surface area contributed by atoms with Gasteiger partial charge in [-0.05, 0) is 31.2 Å². The highest BCUT2D eigenvalue weighted by atomic mass is 32.1. The lowest BCUT2D eigenvalue weighted by Crippen LogP contribution is -2.35. The van der Waals surface area contributed by atoms with Crippen LogP contribution in [-0.4, -0.2) is 50.4 Å². The van der Waals surface area contributed by atoms with Gasteiger partial charge < -0.3 is 18.9 Å². The minimum Gasteiger partial charge on any atom is -0.454 e. The molecule has 0 saturated heterocycles. The maximum atomic E-state index is 13.1. The van der Waals surface area contributed by atoms with Gasteiger partial charge in [-0.25, -0.2) is 4.98 Å². The Balaban J connectivity index is 1.15. The molecule has 34 heavy (non-hydrogen) atoms. The number of carbonyl (C=O) groups is 2. The first-order chi connectivity index (χ1) is 16.5. The third kappa shape index (κ3) is 3.67. The van der Waals surface area contributed by atoms with E-state index in [0.29, 0.717) is 53.3 Å². The fraction of sp³-hybridized carbons (Fsp3) is 0.227. The largest absolute Gasteiger partial charge is 0.454 e. The molecule has 1 aromatic carbocycles. The van der Waals surface area contributed by atoms with E-state index >= 15 is 0 Å². The molecule has 11 nitrogen and oxygen atoms in total. The van der Waals surface area contributed by atoms with Crippen molar-refractivity contribution in [3.8, 4) is 22.8 Å². The highest BCUT2D eigenvalue weighted by Crippen LogP contribution is 2.35. The number of aromatic amines is 1. The summed E-state index contributed by atoms with van der Waals surface area (Å²) in [5.41, 5.74) is 2.94. The highest BCUT2D eigenvalue weighted by molar-refractivity contribution is 7.15. The fourth-order valence-electron chi connectivity index (χ4n) is 3.86. The van der Waals surface area contributed by atoms with Gasteiger partial charge in [0.2, 0.25) is 6.79 Å². The second-order valence-corrected chi connectivity index (χ2v) is 8.96. The maximum Gasteiger partial charge on any atom is 0.279 e. The smallest absolute Gasteiger partial charge is 0.279 e. The van der Waals surface area contributed by atoms with E-state index in [1.54, 1.807) is 24.0 Å². The van der Waals surface area contributed by atoms with Crippen LogP contribution >= 0.6 is 11.3 Å². The molecular formula is C22H18N6O5S. The number of fused-ring (bicyclic) bond motifs is 2. The molecule has 0 aliphatic carbocycles. The van der Waals surface area contributed by atoms with Crippen molar-refractivity contribution >= 4 is 28.3 Å². The Labute approximate surface area is 196 Å². The number of hydrogen-bond donors (Lipinski definition) is 2. The summed E-state index contributed by atoms with van der Waals surface area (Å²) in [6.45, 7) is 2.84. The van der Waals surface area contributed by atoms with Crippen LogP contribution in [0, 0.1) is 6.92 Å². The first-order valence-electron chi connectivity index (χ1n) is 10.5. The number of nitrogens with zero attached hydrogens (tertiary/aromatic N) is 4. The zero-order chi connectivity index (χ0) is 23.2. The molecule has 0 saturated carbocycles. The fourth-order valence-corrected chi connectivity index (χ4v) is 4.88. The predicted molar refractivity (Wildman–Crippen MR) is 120 cm³/mol. The van der Waals surface area contributed by atoms with Crippen molar-refractivity contribution in [3.05, 3.63) is 58.1 Å². The number of amides is 2. The number of ether oxygens (including phenoxy) is 2. The molecule has 4 aromatic rings. The van der Waals surface area contributed by atoms with Gasteiger partial charge in [-0.2, -0.15) is 5.10 Å². The van der Waals surface area contributed by atoms with E-state index in [0.717, 1.165) is 16.1 Å². The molecule has 0 unspecified atom stereocenters. The summed E-state index contributed by atoms with van der Waals surface area (Å²) in [7, 11) is 0. The number of carbonyl (C=O) groups excluding carboxylic acids is 2. The molecule has 12 heteroatoms. The predicted octanol–water partition coefficient (Wildman–Crippen LogP) is 3.01. The quantitative estimate of drug-likeness (QED) is 0.457. The third-order valence-electron chi connectivity index (χ3n) is 5.58. The lowest BCUT2D eigenvalue weighted by atomic mass is 10.1. The van der Waals surface area contributed by atoms with Crippen molar-refractivity contribution in [2.45, 2.75) is 19.9 Å². The molecule has 0 atom stereocenters. The van der Waals surface area contributed by atoms with Crippen molar-refractivity contribution in [3.63, 3.8) is 0 Å². The van der Waals surface area contributed by atoms with Crippen LogP contribution in [-0.2, 0) is 13.0 Å². The summed E-state index contributed by atoms with van der Waals surface area (Å²) < 4.78 is 15.7. The van der Waals surface area contributed by atoms with Crippen molar-refractivity contribution < 1.29 is 23.6 Å². The van der Waals surface area contributed by atoms with Crippen molar-refractivity contribution in [2.75, 3.05) is 18.7 Å². The standard InChI is InChI=1S/C22H18N6O5S/c1-11-6-15(27-33-11)20(29)24-22-23-13-4-5-28(9-19(13)34-22)21(30)16-8-14(25-26-16)12-2-3-17-18(7-12)32-10-31-17/h2-3,6-8H,4-5,9-10H2,1H3,(H,25,26)(H,23,24,29). The topological polar surface area (TPSA) is 135 Å². The van der Waals surface area contributed by atoms with Crippen LogP contribution in [0.1, 0.15) is 37.3 Å². The van der Waals surface area contributed by atoms with Crippen LogP contribution in [0.4, 0.5) is 5.13 Å². The average molecular weight is 478 g/mol. The van der Waals surface area contributed by atoms with E-state index in [4.69, 9.17) is 14.0 Å². The number of benzene rings is 1. The van der Waals surface area contributed by atoms with Gasteiger partial charge in [-0.1, -0.05) is 16.5 Å². The van der Waals surface area contributed by atoms with E-state index in [1.807, 2.05) is 18.2 Å². The number of H-pyrrole nitrogens is 1. The van der Waals surface area contributed by atoms with Gasteiger partial charge in [0.1, 0.15) is 11.5 Å².